The summed E-state index contributed by atoms with van der Waals surface area (Å²) in [6.07, 6.45) is 1.16. The third kappa shape index (κ3) is 7.03. The molecule has 3 aromatic rings. The lowest BCUT2D eigenvalue weighted by Crippen LogP contribution is -2.31. The molecule has 0 spiro atoms. The molecule has 2 aromatic carbocycles. The summed E-state index contributed by atoms with van der Waals surface area (Å²) in [5.74, 6) is -0.377. The van der Waals surface area contributed by atoms with Gasteiger partial charge in [-0.25, -0.2) is 13.1 Å². The molecule has 0 saturated heterocycles. The summed E-state index contributed by atoms with van der Waals surface area (Å²) in [6.45, 7) is 5.48. The summed E-state index contributed by atoms with van der Waals surface area (Å²) in [6, 6.07) is 15.8. The van der Waals surface area contributed by atoms with Crippen LogP contribution in [0, 0.1) is 6.92 Å². The molecule has 8 nitrogen and oxygen atoms in total. The monoisotopic (exact) mass is 484 g/mol. The van der Waals surface area contributed by atoms with Crippen LogP contribution < -0.4 is 10.0 Å². The van der Waals surface area contributed by atoms with Crippen molar-refractivity contribution in [2.75, 3.05) is 0 Å². The van der Waals surface area contributed by atoms with E-state index in [1.807, 2.05) is 31.2 Å². The summed E-state index contributed by atoms with van der Waals surface area (Å²) < 4.78 is 37.8. The molecule has 0 saturated carbocycles. The molecule has 1 aromatic heterocycles. The van der Waals surface area contributed by atoms with Gasteiger partial charge >= 0.3 is 5.97 Å². The Morgan fingerprint density at radius 3 is 2.26 bits per heavy atom. The van der Waals surface area contributed by atoms with Crippen LogP contribution in [0.5, 0.6) is 0 Å². The van der Waals surface area contributed by atoms with Crippen LogP contribution in [0.2, 0.25) is 0 Å². The molecule has 1 amide bonds. The molecule has 180 valence electrons. The van der Waals surface area contributed by atoms with Crippen molar-refractivity contribution in [1.82, 2.24) is 10.0 Å². The predicted octanol–water partition coefficient (Wildman–Crippen LogP) is 3.88. The zero-order valence-corrected chi connectivity index (χ0v) is 20.1. The minimum absolute atomic E-state index is 0.0161. The van der Waals surface area contributed by atoms with Crippen molar-refractivity contribution in [3.05, 3.63) is 89.4 Å². The van der Waals surface area contributed by atoms with Gasteiger partial charge in [-0.2, -0.15) is 0 Å². The lowest BCUT2D eigenvalue weighted by molar-refractivity contribution is -0.147. The second-order valence-electron chi connectivity index (χ2n) is 8.11. The van der Waals surface area contributed by atoms with Crippen LogP contribution in [0.4, 0.5) is 0 Å². The van der Waals surface area contributed by atoms with Crippen LogP contribution in [-0.2, 0) is 26.1 Å². The molecule has 1 unspecified atom stereocenters. The van der Waals surface area contributed by atoms with Crippen molar-refractivity contribution in [3.63, 3.8) is 0 Å². The normalized spacial score (nSPS) is 12.4. The van der Waals surface area contributed by atoms with Crippen LogP contribution in [0.1, 0.15) is 53.6 Å². The minimum atomic E-state index is -3.78. The van der Waals surface area contributed by atoms with Crippen molar-refractivity contribution in [1.29, 1.82) is 0 Å². The molecule has 2 N–H and O–H groups in total. The number of ether oxygens (including phenoxy) is 1. The van der Waals surface area contributed by atoms with Crippen LogP contribution in [0.3, 0.4) is 0 Å². The number of esters is 1. The van der Waals surface area contributed by atoms with E-state index in [0.717, 1.165) is 11.1 Å². The SMILES string of the molecule is Cc1ccc(C(CC(=O)OC(C)C)NC(=O)c2ccc(S(=O)(=O)NCc3ccco3)cc2)cc1. The molecule has 1 atom stereocenters. The van der Waals surface area contributed by atoms with E-state index in [9.17, 15) is 18.0 Å². The average Bonchev–Trinajstić information content (AvgIpc) is 3.31. The fraction of sp³-hybridized carbons (Fsp3) is 0.280. The van der Waals surface area contributed by atoms with Crippen LogP contribution in [0.25, 0.3) is 0 Å². The maximum Gasteiger partial charge on any atom is 0.308 e. The van der Waals surface area contributed by atoms with E-state index in [1.54, 1.807) is 26.0 Å². The number of amides is 1. The molecule has 0 aliphatic carbocycles. The summed E-state index contributed by atoms with van der Waals surface area (Å²) in [5, 5.41) is 2.86. The fourth-order valence-corrected chi connectivity index (χ4v) is 4.21. The van der Waals surface area contributed by atoms with Crippen molar-refractivity contribution in [3.8, 4) is 0 Å². The van der Waals surface area contributed by atoms with E-state index in [4.69, 9.17) is 9.15 Å². The number of rotatable bonds is 10. The quantitative estimate of drug-likeness (QED) is 0.422. The number of furan rings is 1. The number of benzene rings is 2. The van der Waals surface area contributed by atoms with Gasteiger partial charge in [0.1, 0.15) is 5.76 Å². The Morgan fingerprint density at radius 1 is 1.00 bits per heavy atom. The lowest BCUT2D eigenvalue weighted by atomic mass is 10.0. The molecular formula is C25H28N2O6S. The summed E-state index contributed by atoms with van der Waals surface area (Å²) >= 11 is 0. The molecule has 34 heavy (non-hydrogen) atoms. The summed E-state index contributed by atoms with van der Waals surface area (Å²) in [5.41, 5.74) is 2.08. The first-order chi connectivity index (χ1) is 16.1. The van der Waals surface area contributed by atoms with Gasteiger partial charge in [-0.15, -0.1) is 0 Å². The topological polar surface area (TPSA) is 115 Å². The molecule has 9 heteroatoms. The largest absolute Gasteiger partial charge is 0.468 e. The van der Waals surface area contributed by atoms with Crippen LogP contribution >= 0.6 is 0 Å². The fourth-order valence-electron chi connectivity index (χ4n) is 3.22. The Labute approximate surface area is 199 Å². The summed E-state index contributed by atoms with van der Waals surface area (Å²) in [7, 11) is -3.78. The van der Waals surface area contributed by atoms with Gasteiger partial charge in [-0.05, 0) is 62.7 Å². The molecule has 3 rings (SSSR count). The van der Waals surface area contributed by atoms with Crippen molar-refractivity contribution < 1.29 is 27.2 Å². The highest BCUT2D eigenvalue weighted by Gasteiger charge is 2.22. The standard InChI is InChI=1S/C25H28N2O6S/c1-17(2)33-24(28)15-23(19-8-6-18(3)7-9-19)27-25(29)20-10-12-22(13-11-20)34(30,31)26-16-21-5-4-14-32-21/h4-14,17,23,26H,15-16H2,1-3H3,(H,27,29). The Balaban J connectivity index is 1.71. The molecule has 0 bridgehead atoms. The van der Waals surface area contributed by atoms with Gasteiger partial charge in [-0.3, -0.25) is 9.59 Å². The van der Waals surface area contributed by atoms with E-state index in [2.05, 4.69) is 10.0 Å². The van der Waals surface area contributed by atoms with Crippen LogP contribution in [-0.4, -0.2) is 26.4 Å². The van der Waals surface area contributed by atoms with E-state index in [-0.39, 0.29) is 29.5 Å². The summed E-state index contributed by atoms with van der Waals surface area (Å²) in [4.78, 5) is 25.2. The van der Waals surface area contributed by atoms with Crippen molar-refractivity contribution >= 4 is 21.9 Å². The van der Waals surface area contributed by atoms with Crippen LogP contribution in [0.15, 0.2) is 76.2 Å². The van der Waals surface area contributed by atoms with Gasteiger partial charge in [0.25, 0.3) is 5.91 Å². The minimum Gasteiger partial charge on any atom is -0.468 e. The molecule has 0 aliphatic rings. The number of carbonyl (C=O) groups is 2. The number of hydrogen-bond donors (Lipinski definition) is 2. The second-order valence-corrected chi connectivity index (χ2v) is 9.87. The Hall–Kier alpha value is -3.43. The Bertz CT molecular complexity index is 1200. The number of sulfonamides is 1. The lowest BCUT2D eigenvalue weighted by Gasteiger charge is -2.20. The van der Waals surface area contributed by atoms with E-state index in [1.165, 1.54) is 30.5 Å². The number of carbonyl (C=O) groups excluding carboxylic acids is 2. The number of aryl methyl sites for hydroxylation is 1. The van der Waals surface area contributed by atoms with Gasteiger partial charge in [0.2, 0.25) is 10.0 Å². The molecular weight excluding hydrogens is 456 g/mol. The Kier molecular flexibility index (Phi) is 8.25. The van der Waals surface area contributed by atoms with Crippen molar-refractivity contribution in [2.24, 2.45) is 0 Å². The molecule has 0 radical (unpaired) electrons. The number of hydrogen-bond acceptors (Lipinski definition) is 6. The highest BCUT2D eigenvalue weighted by Crippen LogP contribution is 2.20. The van der Waals surface area contributed by atoms with Gasteiger partial charge in [0, 0.05) is 5.56 Å². The second kappa shape index (κ2) is 11.1. The van der Waals surface area contributed by atoms with E-state index in [0.29, 0.717) is 5.76 Å². The maximum absolute atomic E-state index is 12.9. The molecule has 0 aliphatic heterocycles. The average molecular weight is 485 g/mol. The molecule has 1 heterocycles. The third-order valence-electron chi connectivity index (χ3n) is 4.97. The van der Waals surface area contributed by atoms with Gasteiger partial charge in [0.15, 0.2) is 0 Å². The first-order valence-corrected chi connectivity index (χ1v) is 12.3. The highest BCUT2D eigenvalue weighted by molar-refractivity contribution is 7.89. The Morgan fingerprint density at radius 2 is 1.68 bits per heavy atom. The zero-order chi connectivity index (χ0) is 24.7. The van der Waals surface area contributed by atoms with Crippen molar-refractivity contribution in [2.45, 2.75) is 50.8 Å². The maximum atomic E-state index is 12.9. The molecule has 0 fully saturated rings. The van der Waals surface area contributed by atoms with E-state index < -0.39 is 27.9 Å². The number of nitrogens with one attached hydrogen (secondary N) is 2. The third-order valence-corrected chi connectivity index (χ3v) is 6.38. The smallest absolute Gasteiger partial charge is 0.308 e. The predicted molar refractivity (Wildman–Crippen MR) is 126 cm³/mol. The van der Waals surface area contributed by atoms with Gasteiger partial charge in [0.05, 0.1) is 36.3 Å². The first-order valence-electron chi connectivity index (χ1n) is 10.8. The zero-order valence-electron chi connectivity index (χ0n) is 19.3. The van der Waals surface area contributed by atoms with Gasteiger partial charge in [-0.1, -0.05) is 29.8 Å². The van der Waals surface area contributed by atoms with Gasteiger partial charge < -0.3 is 14.5 Å². The highest BCUT2D eigenvalue weighted by atomic mass is 32.2. The first kappa shape index (κ1) is 25.2. The van der Waals surface area contributed by atoms with E-state index >= 15 is 0 Å².